The fourth-order valence-corrected chi connectivity index (χ4v) is 6.03. The summed E-state index contributed by atoms with van der Waals surface area (Å²) in [5, 5.41) is 5.48. The van der Waals surface area contributed by atoms with E-state index in [9.17, 15) is 0 Å². The average molecular weight is 624 g/mol. The fraction of sp³-hybridized carbons (Fsp3) is 0.290. The highest BCUT2D eigenvalue weighted by molar-refractivity contribution is 5.76. The maximum absolute atomic E-state index is 2.57. The molecule has 0 saturated carbocycles. The predicted octanol–water partition coefficient (Wildman–Crippen LogP) is -6.58. The minimum Gasteiger partial charge on any atom is -1.00 e. The second-order valence-electron chi connectivity index (χ2n) is 10.2. The van der Waals surface area contributed by atoms with Crippen LogP contribution in [-0.4, -0.2) is 27.2 Å². The topological polar surface area (TPSA) is 14.9 Å². The third-order valence-corrected chi connectivity index (χ3v) is 8.18. The molecule has 0 aromatic heterocycles. The van der Waals surface area contributed by atoms with Crippen LogP contribution in [0.15, 0.2) is 95.9 Å². The van der Waals surface area contributed by atoms with Crippen LogP contribution in [0.5, 0.6) is 0 Å². The molecule has 2 aromatic carbocycles. The van der Waals surface area contributed by atoms with Crippen LogP contribution in [0.4, 0.5) is 0 Å². The summed E-state index contributed by atoms with van der Waals surface area (Å²) in [7, 11) is 4.46. The summed E-state index contributed by atoms with van der Waals surface area (Å²) in [5.74, 6) is 0. The van der Waals surface area contributed by atoms with Crippen LogP contribution < -0.4 is 74.1 Å². The van der Waals surface area contributed by atoms with Gasteiger partial charge in [-0.1, -0.05) is 24.3 Å². The molecular formula is C31H36Br2N4+2. The zero-order valence-corrected chi connectivity index (χ0v) is 25.3. The zero-order valence-electron chi connectivity index (χ0n) is 22.1. The molecular weight excluding hydrogens is 588 g/mol. The van der Waals surface area contributed by atoms with Crippen molar-refractivity contribution in [1.29, 1.82) is 0 Å². The Bertz CT molecular complexity index is 1500. The second kappa shape index (κ2) is 11.2. The minimum absolute atomic E-state index is 0. The number of quaternary nitrogens is 2. The molecule has 192 valence electrons. The van der Waals surface area contributed by atoms with Crippen LogP contribution in [0.2, 0.25) is 0 Å². The Morgan fingerprint density at radius 2 is 1.00 bits per heavy atom. The molecule has 2 N–H and O–H groups in total. The number of hydrogen-bond donors (Lipinski definition) is 2. The molecule has 0 bridgehead atoms. The molecule has 0 saturated heterocycles. The zero-order chi connectivity index (χ0) is 24.1. The van der Waals surface area contributed by atoms with Crippen LogP contribution in [-0.2, 0) is 0 Å². The first kappa shape index (κ1) is 27.6. The number of fused-ring (bicyclic) bond motifs is 4. The number of nitrogens with one attached hydrogen (secondary N) is 2. The number of nitrogens with zero attached hydrogens (tertiary/aromatic N) is 2. The minimum atomic E-state index is 0. The first-order valence-electron chi connectivity index (χ1n) is 13.0. The molecule has 6 heteroatoms. The van der Waals surface area contributed by atoms with E-state index in [-0.39, 0.29) is 34.0 Å². The maximum Gasteiger partial charge on any atom is 0.270 e. The molecule has 37 heavy (non-hydrogen) atoms. The van der Waals surface area contributed by atoms with Crippen LogP contribution in [0, 0.1) is 0 Å². The SMILES string of the molecule is CC1=C2C(=c3ccccc3=[N+]2CCCCC[N+]2=c3ccccc3=C3C=C[NH+](C)C(C)=C32)C=C[NH+]1C.[Br-].[Br-]. The normalized spacial score (nSPS) is 21.0. The Labute approximate surface area is 240 Å². The van der Waals surface area contributed by atoms with Gasteiger partial charge in [0.2, 0.25) is 10.7 Å². The molecule has 4 nitrogen and oxygen atoms in total. The molecule has 0 spiro atoms. The Kier molecular flexibility index (Phi) is 8.34. The summed E-state index contributed by atoms with van der Waals surface area (Å²) < 4.78 is 5.14. The van der Waals surface area contributed by atoms with Crippen molar-refractivity contribution in [2.75, 3.05) is 27.2 Å². The van der Waals surface area contributed by atoms with Crippen molar-refractivity contribution in [3.8, 4) is 0 Å². The van der Waals surface area contributed by atoms with E-state index in [4.69, 9.17) is 0 Å². The molecule has 0 radical (unpaired) electrons. The molecule has 0 aliphatic carbocycles. The monoisotopic (exact) mass is 622 g/mol. The molecule has 2 atom stereocenters. The average Bonchev–Trinajstić information content (AvgIpc) is 3.37. The van der Waals surface area contributed by atoms with Gasteiger partial charge in [-0.05, 0) is 18.6 Å². The van der Waals surface area contributed by atoms with E-state index < -0.39 is 0 Å². The van der Waals surface area contributed by atoms with E-state index in [2.05, 4.69) is 110 Å². The van der Waals surface area contributed by atoms with Gasteiger partial charge in [-0.15, -0.1) is 0 Å². The van der Waals surface area contributed by atoms with E-state index >= 15 is 0 Å². The lowest BCUT2D eigenvalue weighted by Crippen LogP contribution is -3.02. The molecule has 4 aliphatic heterocycles. The Hall–Kier alpha value is -2.38. The molecule has 4 aliphatic rings. The summed E-state index contributed by atoms with van der Waals surface area (Å²) in [4.78, 5) is 2.75. The Balaban J connectivity index is 0.00000160. The van der Waals surface area contributed by atoms with E-state index in [1.165, 1.54) is 84.1 Å². The van der Waals surface area contributed by atoms with Gasteiger partial charge in [-0.2, -0.15) is 9.15 Å². The van der Waals surface area contributed by atoms with Gasteiger partial charge in [0.25, 0.3) is 11.4 Å². The largest absolute Gasteiger partial charge is 1.00 e. The Morgan fingerprint density at radius 3 is 1.43 bits per heavy atom. The highest BCUT2D eigenvalue weighted by Gasteiger charge is 2.35. The number of benzene rings is 2. The maximum atomic E-state index is 2.57. The number of rotatable bonds is 6. The van der Waals surface area contributed by atoms with Crippen LogP contribution in [0.25, 0.3) is 11.1 Å². The molecule has 0 amide bonds. The summed E-state index contributed by atoms with van der Waals surface area (Å²) in [6, 6.07) is 17.8. The Morgan fingerprint density at radius 1 is 0.595 bits per heavy atom. The van der Waals surface area contributed by atoms with Gasteiger partial charge in [0.15, 0.2) is 11.4 Å². The van der Waals surface area contributed by atoms with Crippen LogP contribution in [0.1, 0.15) is 33.1 Å². The van der Waals surface area contributed by atoms with Gasteiger partial charge in [-0.25, -0.2) is 0 Å². The summed E-state index contributed by atoms with van der Waals surface area (Å²) in [6.07, 6.45) is 12.8. The number of allylic oxidation sites excluding steroid dienone is 4. The first-order chi connectivity index (χ1) is 17.1. The molecule has 2 unspecified atom stereocenters. The van der Waals surface area contributed by atoms with Gasteiger partial charge in [0.05, 0.1) is 48.1 Å². The second-order valence-corrected chi connectivity index (χ2v) is 10.2. The highest BCUT2D eigenvalue weighted by atomic mass is 79.9. The number of hydrogen-bond acceptors (Lipinski definition) is 0. The van der Waals surface area contributed by atoms with Gasteiger partial charge in [0, 0.05) is 51.0 Å². The molecule has 0 fully saturated rings. The van der Waals surface area contributed by atoms with Gasteiger partial charge in [-0.3, -0.25) is 9.80 Å². The molecule has 2 aromatic rings. The van der Waals surface area contributed by atoms with Crippen molar-refractivity contribution in [1.82, 2.24) is 9.15 Å². The fourth-order valence-electron chi connectivity index (χ4n) is 6.03. The highest BCUT2D eigenvalue weighted by Crippen LogP contribution is 2.20. The van der Waals surface area contributed by atoms with Crippen LogP contribution >= 0.6 is 0 Å². The standard InChI is InChI=1S/C31H34N4.2BrH/c1-22-30-26(16-20-32(22)3)24-12-6-8-14-28(24)34(30)18-10-5-11-19-35-29-15-9-7-13-25(29)27-17-21-33(4)23(2)31(27)35;;/h6-9,12-17,20-21H,5,10-11,18-19H2,1-4H3;2*1H/q+2;;. The quantitative estimate of drug-likeness (QED) is 0.235. The van der Waals surface area contributed by atoms with Crippen molar-refractivity contribution >= 4 is 11.1 Å². The van der Waals surface area contributed by atoms with Crippen molar-refractivity contribution in [3.05, 3.63) is 117 Å². The number of halogens is 2. The van der Waals surface area contributed by atoms with Crippen molar-refractivity contribution in [3.63, 3.8) is 0 Å². The third kappa shape index (κ3) is 4.59. The number of para-hydroxylation sites is 2. The van der Waals surface area contributed by atoms with Crippen LogP contribution in [0.3, 0.4) is 0 Å². The van der Waals surface area contributed by atoms with Crippen molar-refractivity contribution < 1.29 is 43.8 Å². The van der Waals surface area contributed by atoms with E-state index in [1.54, 1.807) is 0 Å². The van der Waals surface area contributed by atoms with Gasteiger partial charge >= 0.3 is 0 Å². The lowest BCUT2D eigenvalue weighted by atomic mass is 10.1. The molecule has 6 rings (SSSR count). The van der Waals surface area contributed by atoms with Gasteiger partial charge in [0.1, 0.15) is 13.1 Å². The predicted molar refractivity (Wildman–Crippen MR) is 142 cm³/mol. The van der Waals surface area contributed by atoms with Gasteiger partial charge < -0.3 is 34.0 Å². The molecule has 4 heterocycles. The lowest BCUT2D eigenvalue weighted by Gasteiger charge is -2.15. The van der Waals surface area contributed by atoms with E-state index in [1.807, 2.05) is 0 Å². The van der Waals surface area contributed by atoms with E-state index in [0.717, 1.165) is 13.1 Å². The summed E-state index contributed by atoms with van der Waals surface area (Å²) in [5.41, 5.74) is 8.43. The number of unbranched alkanes of at least 4 members (excludes halogenated alkanes) is 2. The van der Waals surface area contributed by atoms with Crippen molar-refractivity contribution in [2.45, 2.75) is 33.1 Å². The summed E-state index contributed by atoms with van der Waals surface area (Å²) in [6.45, 7) is 6.69. The van der Waals surface area contributed by atoms with E-state index in [0.29, 0.717) is 0 Å². The lowest BCUT2D eigenvalue weighted by molar-refractivity contribution is -0.782. The first-order valence-corrected chi connectivity index (χ1v) is 13.0. The summed E-state index contributed by atoms with van der Waals surface area (Å²) >= 11 is 0. The smallest absolute Gasteiger partial charge is 0.270 e. The third-order valence-electron chi connectivity index (χ3n) is 8.18. The van der Waals surface area contributed by atoms with Crippen molar-refractivity contribution in [2.24, 2.45) is 0 Å².